The van der Waals surface area contributed by atoms with E-state index in [1.54, 1.807) is 0 Å². The highest BCUT2D eigenvalue weighted by Gasteiger charge is 2.11. The molecular formula is C30H47NO4. The molecule has 0 saturated carbocycles. The van der Waals surface area contributed by atoms with Crippen LogP contribution in [-0.2, 0) is 9.53 Å². The van der Waals surface area contributed by atoms with Crippen molar-refractivity contribution in [3.05, 3.63) is 29.3 Å². The molecule has 0 saturated heterocycles. The van der Waals surface area contributed by atoms with Crippen LogP contribution in [0.3, 0.4) is 0 Å². The number of hydrogen-bond donors (Lipinski definition) is 2. The SMILES string of the molecule is CCCCCCCCCCCCCCCCCCCCOC(=O)/C(C#N)=C/c1ccc(O)c(O)c1. The minimum Gasteiger partial charge on any atom is -0.504 e. The molecule has 0 aliphatic rings. The third-order valence-electron chi connectivity index (χ3n) is 6.38. The molecule has 0 aliphatic heterocycles. The van der Waals surface area contributed by atoms with Crippen molar-refractivity contribution < 1.29 is 19.7 Å². The van der Waals surface area contributed by atoms with Gasteiger partial charge in [-0.05, 0) is 30.2 Å². The van der Waals surface area contributed by atoms with E-state index in [9.17, 15) is 20.3 Å². The van der Waals surface area contributed by atoms with Gasteiger partial charge in [0.05, 0.1) is 6.61 Å². The number of carbonyl (C=O) groups excluding carboxylic acids is 1. The van der Waals surface area contributed by atoms with E-state index in [1.807, 2.05) is 6.07 Å². The molecule has 0 aromatic heterocycles. The van der Waals surface area contributed by atoms with Crippen LogP contribution in [0, 0.1) is 11.3 Å². The largest absolute Gasteiger partial charge is 0.504 e. The molecule has 0 spiro atoms. The molecule has 1 aromatic rings. The third-order valence-corrected chi connectivity index (χ3v) is 6.38. The van der Waals surface area contributed by atoms with Gasteiger partial charge < -0.3 is 14.9 Å². The summed E-state index contributed by atoms with van der Waals surface area (Å²) in [5, 5.41) is 28.1. The van der Waals surface area contributed by atoms with Crippen LogP contribution >= 0.6 is 0 Å². The second-order valence-electron chi connectivity index (χ2n) is 9.56. The smallest absolute Gasteiger partial charge is 0.348 e. The van der Waals surface area contributed by atoms with E-state index < -0.39 is 5.97 Å². The van der Waals surface area contributed by atoms with Crippen molar-refractivity contribution in [2.45, 2.75) is 122 Å². The Labute approximate surface area is 213 Å². The maximum Gasteiger partial charge on any atom is 0.348 e. The van der Waals surface area contributed by atoms with E-state index in [1.165, 1.54) is 121 Å². The molecule has 5 heteroatoms. The highest BCUT2D eigenvalue weighted by atomic mass is 16.5. The molecular weight excluding hydrogens is 438 g/mol. The van der Waals surface area contributed by atoms with Crippen molar-refractivity contribution in [1.82, 2.24) is 0 Å². The number of hydrogen-bond acceptors (Lipinski definition) is 5. The van der Waals surface area contributed by atoms with Gasteiger partial charge in [-0.3, -0.25) is 0 Å². The number of nitrogens with zero attached hydrogens (tertiary/aromatic N) is 1. The van der Waals surface area contributed by atoms with Gasteiger partial charge in [0.1, 0.15) is 11.6 Å². The molecule has 196 valence electrons. The molecule has 0 unspecified atom stereocenters. The molecule has 0 radical (unpaired) electrons. The van der Waals surface area contributed by atoms with Crippen LogP contribution in [-0.4, -0.2) is 22.8 Å². The molecule has 0 amide bonds. The Morgan fingerprint density at radius 3 is 1.66 bits per heavy atom. The lowest BCUT2D eigenvalue weighted by Gasteiger charge is -2.05. The summed E-state index contributed by atoms with van der Waals surface area (Å²) < 4.78 is 5.21. The molecule has 35 heavy (non-hydrogen) atoms. The van der Waals surface area contributed by atoms with Gasteiger partial charge in [0.2, 0.25) is 0 Å². The van der Waals surface area contributed by atoms with Crippen molar-refractivity contribution >= 4 is 12.0 Å². The first-order valence-electron chi connectivity index (χ1n) is 13.9. The second-order valence-corrected chi connectivity index (χ2v) is 9.56. The fourth-order valence-electron chi connectivity index (χ4n) is 4.18. The number of carbonyl (C=O) groups is 1. The first-order valence-corrected chi connectivity index (χ1v) is 13.9. The summed E-state index contributed by atoms with van der Waals surface area (Å²) in [6.45, 7) is 2.57. The zero-order chi connectivity index (χ0) is 25.6. The standard InChI is InChI=1S/C30H47NO4/c1-2-3-4-5-6-7-8-9-10-11-12-13-14-15-16-17-18-19-22-35-30(34)27(25-31)23-26-20-21-28(32)29(33)24-26/h20-21,23-24,32-33H,2-19,22H2,1H3/b27-23+. The third kappa shape index (κ3) is 15.9. The molecule has 0 heterocycles. The Hall–Kier alpha value is -2.48. The number of unbranched alkanes of at least 4 members (excludes halogenated alkanes) is 17. The van der Waals surface area contributed by atoms with Crippen LogP contribution in [0.5, 0.6) is 11.5 Å². The summed E-state index contributed by atoms with van der Waals surface area (Å²) in [4.78, 5) is 12.1. The number of rotatable bonds is 21. The van der Waals surface area contributed by atoms with Crippen LogP contribution in [0.4, 0.5) is 0 Å². The summed E-state index contributed by atoms with van der Waals surface area (Å²) in [6, 6.07) is 5.94. The van der Waals surface area contributed by atoms with Crippen LogP contribution in [0.1, 0.15) is 128 Å². The molecule has 0 aliphatic carbocycles. The van der Waals surface area contributed by atoms with Gasteiger partial charge >= 0.3 is 5.97 Å². The Bertz CT molecular complexity index is 766. The summed E-state index contributed by atoms with van der Waals surface area (Å²) in [7, 11) is 0. The summed E-state index contributed by atoms with van der Waals surface area (Å²) in [5.74, 6) is -1.22. The van der Waals surface area contributed by atoms with Crippen LogP contribution < -0.4 is 0 Å². The zero-order valence-electron chi connectivity index (χ0n) is 21.9. The number of phenols is 2. The molecule has 0 fully saturated rings. The van der Waals surface area contributed by atoms with E-state index >= 15 is 0 Å². The van der Waals surface area contributed by atoms with Gasteiger partial charge in [0, 0.05) is 0 Å². The highest BCUT2D eigenvalue weighted by Crippen LogP contribution is 2.26. The molecule has 2 N–H and O–H groups in total. The van der Waals surface area contributed by atoms with Crippen LogP contribution in [0.2, 0.25) is 0 Å². The second kappa shape index (κ2) is 20.9. The summed E-state index contributed by atoms with van der Waals surface area (Å²) in [5.41, 5.74) is 0.319. The van der Waals surface area contributed by atoms with E-state index in [4.69, 9.17) is 4.74 Å². The van der Waals surface area contributed by atoms with Gasteiger partial charge in [-0.1, -0.05) is 122 Å². The van der Waals surface area contributed by atoms with Crippen molar-refractivity contribution in [1.29, 1.82) is 5.26 Å². The lowest BCUT2D eigenvalue weighted by Crippen LogP contribution is -2.08. The number of aromatic hydroxyl groups is 2. The van der Waals surface area contributed by atoms with Crippen molar-refractivity contribution in [2.75, 3.05) is 6.61 Å². The lowest BCUT2D eigenvalue weighted by atomic mass is 10.0. The van der Waals surface area contributed by atoms with Gasteiger partial charge in [-0.2, -0.15) is 5.26 Å². The molecule has 5 nitrogen and oxygen atoms in total. The predicted molar refractivity (Wildman–Crippen MR) is 143 cm³/mol. The Balaban J connectivity index is 1.94. The summed E-state index contributed by atoms with van der Waals surface area (Å²) >= 11 is 0. The topological polar surface area (TPSA) is 90.6 Å². The number of phenolic OH excluding ortho intramolecular Hbond substituents is 2. The van der Waals surface area contributed by atoms with Crippen LogP contribution in [0.25, 0.3) is 6.08 Å². The molecule has 1 rings (SSSR count). The number of benzene rings is 1. The monoisotopic (exact) mass is 485 g/mol. The van der Waals surface area contributed by atoms with Crippen molar-refractivity contribution in [3.8, 4) is 17.6 Å². The van der Waals surface area contributed by atoms with Crippen molar-refractivity contribution in [2.24, 2.45) is 0 Å². The van der Waals surface area contributed by atoms with E-state index in [-0.39, 0.29) is 17.1 Å². The number of ether oxygens (including phenoxy) is 1. The fraction of sp³-hybridized carbons (Fsp3) is 0.667. The van der Waals surface area contributed by atoms with Gasteiger partial charge in [-0.25, -0.2) is 4.79 Å². The molecule has 1 aromatic carbocycles. The van der Waals surface area contributed by atoms with Gasteiger partial charge in [0.25, 0.3) is 0 Å². The van der Waals surface area contributed by atoms with Gasteiger partial charge in [0.15, 0.2) is 11.5 Å². The zero-order valence-corrected chi connectivity index (χ0v) is 21.9. The highest BCUT2D eigenvalue weighted by molar-refractivity contribution is 5.97. The maximum absolute atomic E-state index is 12.1. The first-order chi connectivity index (χ1) is 17.1. The van der Waals surface area contributed by atoms with E-state index in [0.29, 0.717) is 12.2 Å². The molecule has 0 bridgehead atoms. The molecule has 0 atom stereocenters. The number of esters is 1. The van der Waals surface area contributed by atoms with Gasteiger partial charge in [-0.15, -0.1) is 0 Å². The average Bonchev–Trinajstić information content (AvgIpc) is 2.85. The first kappa shape index (κ1) is 30.6. The summed E-state index contributed by atoms with van der Waals surface area (Å²) in [6.07, 6.45) is 24.8. The predicted octanol–water partition coefficient (Wildman–Crippen LogP) is 8.59. The minimum atomic E-state index is -0.660. The van der Waals surface area contributed by atoms with Crippen molar-refractivity contribution in [3.63, 3.8) is 0 Å². The Morgan fingerprint density at radius 1 is 0.771 bits per heavy atom. The Morgan fingerprint density at radius 2 is 1.23 bits per heavy atom. The van der Waals surface area contributed by atoms with E-state index in [0.717, 1.165) is 19.3 Å². The maximum atomic E-state index is 12.1. The fourth-order valence-corrected chi connectivity index (χ4v) is 4.18. The quantitative estimate of drug-likeness (QED) is 0.0598. The Kier molecular flexibility index (Phi) is 18.2. The lowest BCUT2D eigenvalue weighted by molar-refractivity contribution is -0.138. The number of nitriles is 1. The van der Waals surface area contributed by atoms with E-state index in [2.05, 4.69) is 6.92 Å². The normalized spacial score (nSPS) is 11.4. The minimum absolute atomic E-state index is 0.127. The average molecular weight is 486 g/mol. The van der Waals surface area contributed by atoms with Crippen LogP contribution in [0.15, 0.2) is 23.8 Å².